The Bertz CT molecular complexity index is 1380. The number of piperidine rings is 1. The predicted octanol–water partition coefficient (Wildman–Crippen LogP) is 4.76. The summed E-state index contributed by atoms with van der Waals surface area (Å²) in [7, 11) is -3.66. The third-order valence-electron chi connectivity index (χ3n) is 6.22. The fraction of sp³-hybridized carbons (Fsp3) is 0.385. The Morgan fingerprint density at radius 2 is 1.82 bits per heavy atom. The van der Waals surface area contributed by atoms with Gasteiger partial charge in [0.05, 0.1) is 10.5 Å². The number of hydrogen-bond acceptors (Lipinski definition) is 6. The largest absolute Gasteiger partial charge is 0.457 e. The molecule has 0 amide bonds. The Morgan fingerprint density at radius 3 is 2.53 bits per heavy atom. The summed E-state index contributed by atoms with van der Waals surface area (Å²) in [5, 5.41) is 0.711. The van der Waals surface area contributed by atoms with Crippen LogP contribution in [-0.2, 0) is 21.4 Å². The van der Waals surface area contributed by atoms with Crippen molar-refractivity contribution < 1.29 is 22.4 Å². The Kier molecular flexibility index (Phi) is 6.91. The van der Waals surface area contributed by atoms with Crippen molar-refractivity contribution in [1.82, 2.24) is 4.31 Å². The van der Waals surface area contributed by atoms with Gasteiger partial charge in [-0.2, -0.15) is 4.31 Å². The minimum Gasteiger partial charge on any atom is -0.457 e. The SMILES string of the molecule is Cc1cc2oc(=O)cc(COC(=O)c3cccc(S(=O)(=O)N4CCCCC4)c3)c2cc1C(C)C. The van der Waals surface area contributed by atoms with Crippen LogP contribution < -0.4 is 5.63 Å². The molecule has 2 aromatic carbocycles. The molecule has 0 spiro atoms. The molecule has 1 saturated heterocycles. The number of carbonyl (C=O) groups is 1. The highest BCUT2D eigenvalue weighted by molar-refractivity contribution is 7.89. The van der Waals surface area contributed by atoms with Gasteiger partial charge in [-0.25, -0.2) is 18.0 Å². The minimum atomic E-state index is -3.66. The lowest BCUT2D eigenvalue weighted by molar-refractivity contribution is 0.0473. The number of carbonyl (C=O) groups excluding carboxylic acids is 1. The molecule has 1 aromatic heterocycles. The molecule has 180 valence electrons. The normalized spacial score (nSPS) is 15.1. The summed E-state index contributed by atoms with van der Waals surface area (Å²) >= 11 is 0. The fourth-order valence-corrected chi connectivity index (χ4v) is 5.96. The van der Waals surface area contributed by atoms with Crippen LogP contribution in [0.15, 0.2) is 56.6 Å². The summed E-state index contributed by atoms with van der Waals surface area (Å²) in [6.45, 7) is 6.96. The van der Waals surface area contributed by atoms with Crippen LogP contribution in [0.2, 0.25) is 0 Å². The van der Waals surface area contributed by atoms with Crippen LogP contribution in [0.3, 0.4) is 0 Å². The zero-order chi connectivity index (χ0) is 24.5. The average molecular weight is 484 g/mol. The molecule has 1 aliphatic heterocycles. The van der Waals surface area contributed by atoms with Crippen molar-refractivity contribution in [2.24, 2.45) is 0 Å². The van der Waals surface area contributed by atoms with E-state index in [1.165, 1.54) is 34.6 Å². The van der Waals surface area contributed by atoms with Gasteiger partial charge < -0.3 is 9.15 Å². The van der Waals surface area contributed by atoms with E-state index in [0.717, 1.165) is 30.4 Å². The van der Waals surface area contributed by atoms with Crippen molar-refractivity contribution in [3.8, 4) is 0 Å². The number of sulfonamides is 1. The summed E-state index contributed by atoms with van der Waals surface area (Å²) in [6.07, 6.45) is 2.68. The second-order valence-electron chi connectivity index (χ2n) is 9.02. The Morgan fingerprint density at radius 1 is 1.09 bits per heavy atom. The van der Waals surface area contributed by atoms with E-state index in [-0.39, 0.29) is 23.0 Å². The first kappa shape index (κ1) is 24.2. The molecule has 0 N–H and O–H groups in total. The summed E-state index contributed by atoms with van der Waals surface area (Å²) in [5.41, 5.74) is 2.73. The fourth-order valence-electron chi connectivity index (χ4n) is 4.40. The summed E-state index contributed by atoms with van der Waals surface area (Å²) in [5.74, 6) is -0.385. The molecule has 0 radical (unpaired) electrons. The molecule has 2 heterocycles. The number of ether oxygens (including phenoxy) is 1. The molecule has 1 fully saturated rings. The van der Waals surface area contributed by atoms with Crippen LogP contribution in [-0.4, -0.2) is 31.8 Å². The molecule has 3 aromatic rings. The van der Waals surface area contributed by atoms with Gasteiger partial charge in [-0.15, -0.1) is 0 Å². The number of nitrogens with zero attached hydrogens (tertiary/aromatic N) is 1. The third kappa shape index (κ3) is 4.93. The van der Waals surface area contributed by atoms with E-state index >= 15 is 0 Å². The molecule has 34 heavy (non-hydrogen) atoms. The zero-order valence-corrected chi connectivity index (χ0v) is 20.5. The molecule has 7 nitrogen and oxygen atoms in total. The lowest BCUT2D eigenvalue weighted by Crippen LogP contribution is -2.35. The number of aryl methyl sites for hydroxylation is 1. The molecule has 0 saturated carbocycles. The van der Waals surface area contributed by atoms with Gasteiger partial charge >= 0.3 is 11.6 Å². The lowest BCUT2D eigenvalue weighted by atomic mass is 9.95. The first-order chi connectivity index (χ1) is 16.2. The van der Waals surface area contributed by atoms with Gasteiger partial charge in [0.2, 0.25) is 10.0 Å². The molecule has 8 heteroatoms. The van der Waals surface area contributed by atoms with E-state index in [1.807, 2.05) is 19.1 Å². The van der Waals surface area contributed by atoms with Crippen molar-refractivity contribution in [2.75, 3.05) is 13.1 Å². The first-order valence-electron chi connectivity index (χ1n) is 11.5. The van der Waals surface area contributed by atoms with Crippen molar-refractivity contribution in [3.05, 3.63) is 75.1 Å². The number of rotatable bonds is 6. The summed E-state index contributed by atoms with van der Waals surface area (Å²) in [4.78, 5) is 24.9. The van der Waals surface area contributed by atoms with Gasteiger partial charge in [-0.1, -0.05) is 26.3 Å². The molecule has 0 bridgehead atoms. The highest BCUT2D eigenvalue weighted by Gasteiger charge is 2.26. The van der Waals surface area contributed by atoms with Crippen LogP contribution in [0.4, 0.5) is 0 Å². The Labute approximate surface area is 199 Å². The molecule has 0 unspecified atom stereocenters. The highest BCUT2D eigenvalue weighted by atomic mass is 32.2. The zero-order valence-electron chi connectivity index (χ0n) is 19.7. The van der Waals surface area contributed by atoms with Crippen molar-refractivity contribution in [1.29, 1.82) is 0 Å². The number of fused-ring (bicyclic) bond motifs is 1. The Balaban J connectivity index is 1.58. The van der Waals surface area contributed by atoms with Crippen molar-refractivity contribution in [3.63, 3.8) is 0 Å². The predicted molar refractivity (Wildman–Crippen MR) is 129 cm³/mol. The van der Waals surface area contributed by atoms with Crippen LogP contribution in [0.1, 0.15) is 66.1 Å². The van der Waals surface area contributed by atoms with E-state index in [2.05, 4.69) is 13.8 Å². The van der Waals surface area contributed by atoms with E-state index in [4.69, 9.17) is 9.15 Å². The van der Waals surface area contributed by atoms with Crippen LogP contribution in [0, 0.1) is 6.92 Å². The van der Waals surface area contributed by atoms with E-state index in [1.54, 1.807) is 0 Å². The summed E-state index contributed by atoms with van der Waals surface area (Å²) in [6, 6.07) is 11.0. The topological polar surface area (TPSA) is 93.9 Å². The van der Waals surface area contributed by atoms with Crippen LogP contribution >= 0.6 is 0 Å². The quantitative estimate of drug-likeness (QED) is 0.371. The number of hydrogen-bond donors (Lipinski definition) is 0. The minimum absolute atomic E-state index is 0.0757. The van der Waals surface area contributed by atoms with Gasteiger partial charge in [0.1, 0.15) is 12.2 Å². The smallest absolute Gasteiger partial charge is 0.338 e. The van der Waals surface area contributed by atoms with Gasteiger partial charge in [0.25, 0.3) is 0 Å². The monoisotopic (exact) mass is 483 g/mol. The maximum atomic E-state index is 13.0. The number of esters is 1. The van der Waals surface area contributed by atoms with Crippen molar-refractivity contribution in [2.45, 2.75) is 57.5 Å². The van der Waals surface area contributed by atoms with Crippen LogP contribution in [0.25, 0.3) is 11.0 Å². The second kappa shape index (κ2) is 9.72. The molecule has 4 rings (SSSR count). The number of benzene rings is 2. The van der Waals surface area contributed by atoms with Crippen molar-refractivity contribution >= 4 is 27.0 Å². The second-order valence-corrected chi connectivity index (χ2v) is 11.0. The maximum absolute atomic E-state index is 13.0. The average Bonchev–Trinajstić information content (AvgIpc) is 2.82. The van der Waals surface area contributed by atoms with Gasteiger partial charge in [0.15, 0.2) is 0 Å². The van der Waals surface area contributed by atoms with Crippen LogP contribution in [0.5, 0.6) is 0 Å². The summed E-state index contributed by atoms with van der Waals surface area (Å²) < 4.78 is 38.2. The third-order valence-corrected chi connectivity index (χ3v) is 8.11. The molecular weight excluding hydrogens is 454 g/mol. The standard InChI is InChI=1S/C26H29NO6S/c1-17(2)22-15-23-20(14-25(28)33-24(23)12-18(22)3)16-32-26(29)19-8-7-9-21(13-19)34(30,31)27-10-5-4-6-11-27/h7-9,12-15,17H,4-6,10-11,16H2,1-3H3. The molecular formula is C26H29NO6S. The molecule has 0 aliphatic carbocycles. The highest BCUT2D eigenvalue weighted by Crippen LogP contribution is 2.27. The molecule has 0 atom stereocenters. The Hall–Kier alpha value is -2.97. The maximum Gasteiger partial charge on any atom is 0.338 e. The van der Waals surface area contributed by atoms with Gasteiger partial charge in [-0.3, -0.25) is 0 Å². The molecule has 1 aliphatic rings. The lowest BCUT2D eigenvalue weighted by Gasteiger charge is -2.25. The van der Waals surface area contributed by atoms with E-state index in [9.17, 15) is 18.0 Å². The van der Waals surface area contributed by atoms with Gasteiger partial charge in [-0.05, 0) is 67.1 Å². The van der Waals surface area contributed by atoms with E-state index < -0.39 is 21.6 Å². The van der Waals surface area contributed by atoms with Gasteiger partial charge in [0, 0.05) is 30.1 Å². The first-order valence-corrected chi connectivity index (χ1v) is 13.0. The van der Waals surface area contributed by atoms with E-state index in [0.29, 0.717) is 29.6 Å².